The third kappa shape index (κ3) is 16.3. The van der Waals surface area contributed by atoms with E-state index in [-0.39, 0.29) is 74.8 Å². The molecule has 0 radical (unpaired) electrons. The summed E-state index contributed by atoms with van der Waals surface area (Å²) in [6.45, 7) is 0.604. The molecule has 0 aromatic rings. The maximum absolute atomic E-state index is 11.1. The second kappa shape index (κ2) is 17.3. The van der Waals surface area contributed by atoms with E-state index in [0.29, 0.717) is 38.1 Å². The number of hydrogen-bond acceptors (Lipinski definition) is 8. The number of esters is 4. The standard InChI is InChI=1S/C12H18N2O6.2Na.2H/c13-7-1-3-9(15)19-11(17)5-6-12(18)20-10(16)4-2-8-14;;;;/h5-6H,1-4,7-8,13-14H2;;;;/q;2*+1;2*-1/b6-5+;;;;. The number of carbonyl (C=O) groups is 4. The van der Waals surface area contributed by atoms with Crippen LogP contribution in [0, 0.1) is 0 Å². The van der Waals surface area contributed by atoms with Crippen LogP contribution in [0.15, 0.2) is 12.2 Å². The fraction of sp³-hybridized carbons (Fsp3) is 0.500. The molecule has 0 aromatic carbocycles. The zero-order valence-corrected chi connectivity index (χ0v) is 17.0. The molecule has 0 heterocycles. The molecule has 0 unspecified atom stereocenters. The Morgan fingerprint density at radius 2 is 1.09 bits per heavy atom. The quantitative estimate of drug-likeness (QED) is 0.193. The van der Waals surface area contributed by atoms with Gasteiger partial charge in [-0.1, -0.05) is 0 Å². The van der Waals surface area contributed by atoms with Crippen molar-refractivity contribution in [3.63, 3.8) is 0 Å². The number of nitrogens with two attached hydrogens (primary N) is 2. The predicted molar refractivity (Wildman–Crippen MR) is 70.1 cm³/mol. The Morgan fingerprint density at radius 3 is 1.36 bits per heavy atom. The van der Waals surface area contributed by atoms with Crippen LogP contribution in [0.4, 0.5) is 0 Å². The fourth-order valence-electron chi connectivity index (χ4n) is 1.02. The summed E-state index contributed by atoms with van der Waals surface area (Å²) in [7, 11) is 0. The van der Waals surface area contributed by atoms with Gasteiger partial charge in [-0.2, -0.15) is 0 Å². The van der Waals surface area contributed by atoms with Gasteiger partial charge in [0.2, 0.25) is 0 Å². The number of rotatable bonds is 8. The van der Waals surface area contributed by atoms with Crippen molar-refractivity contribution in [2.45, 2.75) is 25.7 Å². The number of carbonyl (C=O) groups excluding carboxylic acids is 4. The summed E-state index contributed by atoms with van der Waals surface area (Å²) in [5.74, 6) is -3.51. The van der Waals surface area contributed by atoms with E-state index in [1.807, 2.05) is 0 Å². The molecular formula is C12H20N2Na2O6. The average molecular weight is 334 g/mol. The SMILES string of the molecule is NCCCC(=O)OC(=O)/C=C/C(=O)OC(=O)CCCN.[H-].[H-].[Na+].[Na+]. The van der Waals surface area contributed by atoms with Gasteiger partial charge >= 0.3 is 83.0 Å². The first-order chi connectivity index (χ1) is 9.49. The van der Waals surface area contributed by atoms with Crippen molar-refractivity contribution in [1.82, 2.24) is 0 Å². The molecule has 0 bridgehead atoms. The van der Waals surface area contributed by atoms with Gasteiger partial charge in [0.15, 0.2) is 0 Å². The van der Waals surface area contributed by atoms with Gasteiger partial charge in [-0.25, -0.2) is 9.59 Å². The van der Waals surface area contributed by atoms with Gasteiger partial charge in [0.05, 0.1) is 0 Å². The summed E-state index contributed by atoms with van der Waals surface area (Å²) >= 11 is 0. The Hall–Kier alpha value is -0.0600. The van der Waals surface area contributed by atoms with Gasteiger partial charge in [0, 0.05) is 25.0 Å². The van der Waals surface area contributed by atoms with Crippen LogP contribution in [0.25, 0.3) is 0 Å². The predicted octanol–water partition coefficient (Wildman–Crippen LogP) is -6.61. The minimum atomic E-state index is -1.02. The van der Waals surface area contributed by atoms with Crippen molar-refractivity contribution in [1.29, 1.82) is 0 Å². The van der Waals surface area contributed by atoms with Crippen molar-refractivity contribution >= 4 is 23.9 Å². The third-order valence-corrected chi connectivity index (χ3v) is 1.95. The zero-order chi connectivity index (χ0) is 15.4. The molecule has 4 N–H and O–H groups in total. The molecule has 10 heteroatoms. The van der Waals surface area contributed by atoms with Crippen LogP contribution in [-0.4, -0.2) is 37.0 Å². The van der Waals surface area contributed by atoms with E-state index in [1.54, 1.807) is 0 Å². The number of hydrogen-bond donors (Lipinski definition) is 2. The summed E-state index contributed by atoms with van der Waals surface area (Å²) in [6.07, 6.45) is 2.23. The Balaban J connectivity index is -0.000000301. The molecule has 8 nitrogen and oxygen atoms in total. The number of ether oxygens (including phenoxy) is 2. The first-order valence-corrected chi connectivity index (χ1v) is 6.07. The molecule has 0 aliphatic carbocycles. The van der Waals surface area contributed by atoms with Gasteiger partial charge < -0.3 is 23.8 Å². The van der Waals surface area contributed by atoms with Gasteiger partial charge in [-0.3, -0.25) is 9.59 Å². The third-order valence-electron chi connectivity index (χ3n) is 1.95. The zero-order valence-electron chi connectivity index (χ0n) is 15.0. The van der Waals surface area contributed by atoms with E-state index in [1.165, 1.54) is 0 Å². The molecule has 0 saturated heterocycles. The largest absolute Gasteiger partial charge is 1.00 e. The Bertz CT molecular complexity index is 375. The first kappa shape index (κ1) is 26.8. The molecule has 0 aromatic heterocycles. The summed E-state index contributed by atoms with van der Waals surface area (Å²) in [4.78, 5) is 44.3. The Labute approximate surface area is 175 Å². The van der Waals surface area contributed by atoms with E-state index in [9.17, 15) is 19.2 Å². The van der Waals surface area contributed by atoms with E-state index < -0.39 is 23.9 Å². The molecule has 0 saturated carbocycles. The van der Waals surface area contributed by atoms with Gasteiger partial charge in [0.1, 0.15) is 0 Å². The van der Waals surface area contributed by atoms with Crippen LogP contribution in [0.5, 0.6) is 0 Å². The van der Waals surface area contributed by atoms with Crippen molar-refractivity contribution in [2.24, 2.45) is 11.5 Å². The molecule has 116 valence electrons. The normalized spacial score (nSPS) is 9.36. The molecule has 0 spiro atoms. The maximum Gasteiger partial charge on any atom is 1.00 e. The molecule has 0 atom stereocenters. The van der Waals surface area contributed by atoms with Crippen LogP contribution in [0.2, 0.25) is 0 Å². The minimum absolute atomic E-state index is 0. The van der Waals surface area contributed by atoms with Crippen molar-refractivity contribution in [3.8, 4) is 0 Å². The van der Waals surface area contributed by atoms with Crippen LogP contribution < -0.4 is 70.6 Å². The second-order valence-electron chi connectivity index (χ2n) is 3.70. The van der Waals surface area contributed by atoms with Gasteiger partial charge in [-0.05, 0) is 25.9 Å². The molecule has 0 aliphatic heterocycles. The minimum Gasteiger partial charge on any atom is -1.00 e. The van der Waals surface area contributed by atoms with E-state index in [0.717, 1.165) is 0 Å². The van der Waals surface area contributed by atoms with Gasteiger partial charge in [0.25, 0.3) is 0 Å². The van der Waals surface area contributed by atoms with E-state index in [4.69, 9.17) is 11.5 Å². The molecule has 22 heavy (non-hydrogen) atoms. The average Bonchev–Trinajstić information content (AvgIpc) is 2.40. The maximum atomic E-state index is 11.1. The Morgan fingerprint density at radius 1 is 0.773 bits per heavy atom. The van der Waals surface area contributed by atoms with Crippen molar-refractivity contribution in [3.05, 3.63) is 12.2 Å². The van der Waals surface area contributed by atoms with Crippen LogP contribution in [0.3, 0.4) is 0 Å². The Kier molecular flexibility index (Phi) is 21.1. The van der Waals surface area contributed by atoms with Crippen LogP contribution in [0.1, 0.15) is 28.5 Å². The topological polar surface area (TPSA) is 139 Å². The monoisotopic (exact) mass is 334 g/mol. The fourth-order valence-corrected chi connectivity index (χ4v) is 1.02. The van der Waals surface area contributed by atoms with Crippen molar-refractivity contribution < 1.29 is 90.6 Å². The van der Waals surface area contributed by atoms with E-state index >= 15 is 0 Å². The van der Waals surface area contributed by atoms with E-state index in [2.05, 4.69) is 9.47 Å². The molecular weight excluding hydrogens is 314 g/mol. The summed E-state index contributed by atoms with van der Waals surface area (Å²) < 4.78 is 8.69. The van der Waals surface area contributed by atoms with Crippen LogP contribution >= 0.6 is 0 Å². The van der Waals surface area contributed by atoms with Crippen LogP contribution in [-0.2, 0) is 28.7 Å². The molecule has 0 amide bonds. The summed E-state index contributed by atoms with van der Waals surface area (Å²) in [5, 5.41) is 0. The summed E-state index contributed by atoms with van der Waals surface area (Å²) in [6, 6.07) is 0. The summed E-state index contributed by atoms with van der Waals surface area (Å²) in [5.41, 5.74) is 10.4. The van der Waals surface area contributed by atoms with Gasteiger partial charge in [-0.15, -0.1) is 0 Å². The first-order valence-electron chi connectivity index (χ1n) is 6.07. The molecule has 0 rings (SSSR count). The van der Waals surface area contributed by atoms with Crippen molar-refractivity contribution in [2.75, 3.05) is 13.1 Å². The second-order valence-corrected chi connectivity index (χ2v) is 3.70. The molecule has 0 fully saturated rings. The smallest absolute Gasteiger partial charge is 1.00 e. The molecule has 0 aliphatic rings.